The van der Waals surface area contributed by atoms with Gasteiger partial charge in [-0.25, -0.2) is 18.0 Å². The minimum absolute atomic E-state index is 0.00894. The second kappa shape index (κ2) is 41.3. The Hall–Kier alpha value is -13.9. The number of carbonyl (C=O) groups is 2. The predicted molar refractivity (Wildman–Crippen MR) is 470 cm³/mol. The average Bonchev–Trinajstić information content (AvgIpc) is 0.758. The summed E-state index contributed by atoms with van der Waals surface area (Å²) in [4.78, 5) is 25.1. The summed E-state index contributed by atoms with van der Waals surface area (Å²) in [6, 6.07) is 100. The third-order valence-electron chi connectivity index (χ3n) is 20.2. The molecule has 17 nitrogen and oxygen atoms in total. The molecule has 0 aromatic heterocycles. The van der Waals surface area contributed by atoms with E-state index in [1.54, 1.807) is 96.7 Å². The molecule has 0 fully saturated rings. The summed E-state index contributed by atoms with van der Waals surface area (Å²) >= 11 is 1.58. The highest BCUT2D eigenvalue weighted by Crippen LogP contribution is 2.43. The number of hydrogen-bond donors (Lipinski definition) is 11. The third-order valence-corrected chi connectivity index (χ3v) is 23.0. The van der Waals surface area contributed by atoms with Crippen molar-refractivity contribution >= 4 is 33.5 Å². The molecule has 0 aliphatic rings. The molecule has 14 aromatic rings. The lowest BCUT2D eigenvalue weighted by Gasteiger charge is -2.33. The van der Waals surface area contributed by atoms with Crippen molar-refractivity contribution in [1.29, 1.82) is 0 Å². The summed E-state index contributed by atoms with van der Waals surface area (Å²) < 4.78 is 34.2. The summed E-state index contributed by atoms with van der Waals surface area (Å²) in [5.41, 5.74) is 11.2. The molecule has 0 spiro atoms. The van der Waals surface area contributed by atoms with E-state index in [1.165, 1.54) is 125 Å². The van der Waals surface area contributed by atoms with E-state index < -0.39 is 21.2 Å². The third kappa shape index (κ3) is 24.8. The van der Waals surface area contributed by atoms with E-state index in [0.29, 0.717) is 17.7 Å². The van der Waals surface area contributed by atoms with Gasteiger partial charge in [0.15, 0.2) is 0 Å². The molecule has 14 rings (SSSR count). The quantitative estimate of drug-likeness (QED) is 0.0265. The van der Waals surface area contributed by atoms with Crippen LogP contribution in [0.4, 0.5) is 0 Å². The molecule has 616 valence electrons. The molecule has 11 N–H and O–H groups in total. The fourth-order valence-electron chi connectivity index (χ4n) is 12.6. The number of ether oxygens (including phenoxy) is 2. The summed E-state index contributed by atoms with van der Waals surface area (Å²) in [5.74, 6) is 1.39. The molecule has 0 aliphatic carbocycles. The van der Waals surface area contributed by atoms with Crippen molar-refractivity contribution in [2.24, 2.45) is 0 Å². The van der Waals surface area contributed by atoms with Gasteiger partial charge in [-0.1, -0.05) is 200 Å². The van der Waals surface area contributed by atoms with Crippen LogP contribution in [0, 0.1) is 0 Å². The molecular formula is C101H98O17S2. The molecular weight excluding hydrogens is 1550 g/mol. The first kappa shape index (κ1) is 90.0. The molecule has 0 saturated carbocycles. The van der Waals surface area contributed by atoms with Crippen LogP contribution in [0.5, 0.6) is 63.2 Å². The second-order valence-electron chi connectivity index (χ2n) is 29.8. The number of phenolic OH excluding ortho intramolecular Hbond substituents is 11. The Labute approximate surface area is 704 Å². The number of hydrogen-bond acceptors (Lipinski definition) is 18. The highest BCUT2D eigenvalue weighted by atomic mass is 32.2. The molecule has 19 heteroatoms. The fraction of sp³-hybridized carbons (Fsp3) is 0.149. The Kier molecular flexibility index (Phi) is 31.0. The smallest absolute Gasteiger partial charge is 0.338 e. The first-order valence-electron chi connectivity index (χ1n) is 38.4. The Morgan fingerprint density at radius 2 is 0.483 bits per heavy atom. The van der Waals surface area contributed by atoms with Crippen LogP contribution >= 0.6 is 11.8 Å². The number of sulfone groups is 1. The van der Waals surface area contributed by atoms with E-state index in [9.17, 15) is 43.5 Å². The van der Waals surface area contributed by atoms with Gasteiger partial charge in [-0.05, 0) is 275 Å². The van der Waals surface area contributed by atoms with Gasteiger partial charge in [-0.2, -0.15) is 0 Å². The first-order valence-corrected chi connectivity index (χ1v) is 40.7. The molecule has 0 radical (unpaired) electrons. The molecule has 0 unspecified atom stereocenters. The van der Waals surface area contributed by atoms with Gasteiger partial charge in [0.1, 0.15) is 69.9 Å². The largest absolute Gasteiger partial charge is 0.508 e. The molecule has 0 heterocycles. The zero-order valence-corrected chi connectivity index (χ0v) is 69.3. The Balaban J connectivity index is 0.000000169. The molecule has 14 aromatic carbocycles. The van der Waals surface area contributed by atoms with Gasteiger partial charge >= 0.3 is 11.9 Å². The maximum Gasteiger partial charge on any atom is 0.338 e. The number of rotatable bonds is 19. The van der Waals surface area contributed by atoms with Crippen LogP contribution < -0.4 is 0 Å². The lowest BCUT2D eigenvalue weighted by molar-refractivity contribution is 0.0470. The van der Waals surface area contributed by atoms with Gasteiger partial charge in [0.05, 0.1) is 27.5 Å². The van der Waals surface area contributed by atoms with Gasteiger partial charge < -0.3 is 65.6 Å². The maximum atomic E-state index is 12.1. The van der Waals surface area contributed by atoms with Crippen molar-refractivity contribution in [1.82, 2.24) is 0 Å². The monoisotopic (exact) mass is 1650 g/mol. The van der Waals surface area contributed by atoms with Gasteiger partial charge in [0.2, 0.25) is 9.84 Å². The first-order chi connectivity index (χ1) is 57.1. The number of esters is 2. The normalized spacial score (nSPS) is 11.1. The standard InChI is InChI=1S/C29H28O3.C24H26O2.C14H12O3.C12H10O4S.C12H10O2S.C10H12O3/c1-28(2,21-8-14-25(30)15-9-21)20-4-6-22(7-5-20)29(3,23-10-16-26(31)17-11-23)24-12-18-27(32)19-13-24;1-23(2,19-9-13-21(25)14-10-19)17-5-7-18(8-6-17)24(3,4)20-11-15-22(26)16-12-20;15-13-8-6-12(7-9-13)14(16)17-10-11-4-2-1-3-5-11;13-9-1-5-11(6-2-9)17(15,16)12-7-3-10(14)4-8-12;13-9-1-5-11(6-2-9)15-12-7-3-10(14)4-8-12;1-2-7-13-10(12)8-3-5-9(11)6-4-8/h4-19,30-32H,1-3H3;5-16,25-26H,1-4H3;1-9,15H,10H2;1-8,13-14H;1-8,13-14H;3-6,11H,2,7H2,1H3. The highest BCUT2D eigenvalue weighted by Gasteiger charge is 2.33. The topological polar surface area (TPSA) is 309 Å². The molecule has 0 atom stereocenters. The van der Waals surface area contributed by atoms with Gasteiger partial charge in [0.25, 0.3) is 0 Å². The van der Waals surface area contributed by atoms with Crippen molar-refractivity contribution in [3.05, 3.63) is 413 Å². The lowest BCUT2D eigenvalue weighted by Crippen LogP contribution is -2.26. The van der Waals surface area contributed by atoms with Crippen molar-refractivity contribution in [3.8, 4) is 63.2 Å². The number of carbonyl (C=O) groups excluding carboxylic acids is 2. The lowest BCUT2D eigenvalue weighted by atomic mass is 9.70. The summed E-state index contributed by atoms with van der Waals surface area (Å²) in [7, 11) is -3.59. The molecule has 0 bridgehead atoms. The van der Waals surface area contributed by atoms with Crippen LogP contribution in [-0.2, 0) is 47.6 Å². The maximum absolute atomic E-state index is 12.1. The Morgan fingerprint density at radius 3 is 0.742 bits per heavy atom. The van der Waals surface area contributed by atoms with Crippen LogP contribution in [0.2, 0.25) is 0 Å². The second-order valence-corrected chi connectivity index (χ2v) is 32.9. The highest BCUT2D eigenvalue weighted by molar-refractivity contribution is 7.99. The van der Waals surface area contributed by atoms with Gasteiger partial charge in [-0.15, -0.1) is 0 Å². The number of benzene rings is 14. The molecule has 0 amide bonds. The van der Waals surface area contributed by atoms with E-state index in [4.69, 9.17) is 40.1 Å². The summed E-state index contributed by atoms with van der Waals surface area (Å²) in [6.07, 6.45) is 0.809. The zero-order chi connectivity index (χ0) is 86.8. The summed E-state index contributed by atoms with van der Waals surface area (Å²) in [5, 5.41) is 103. The van der Waals surface area contributed by atoms with Crippen LogP contribution in [-0.4, -0.2) is 83.1 Å². The fourth-order valence-corrected chi connectivity index (χ4v) is 14.7. The summed E-state index contributed by atoms with van der Waals surface area (Å²) in [6.45, 7) is 17.9. The van der Waals surface area contributed by atoms with Crippen molar-refractivity contribution in [2.75, 3.05) is 6.61 Å². The predicted octanol–water partition coefficient (Wildman–Crippen LogP) is 22.1. The SMILES string of the molecule is CC(C)(c1ccc(O)cc1)c1ccc(C(C)(C)c2ccc(O)cc2)cc1.CC(C)(c1ccc(O)cc1)c1ccc(C(C)(c2ccc(O)cc2)c2ccc(O)cc2)cc1.CCCOC(=O)c1ccc(O)cc1.O=C(OCc1ccccc1)c1ccc(O)cc1.O=S(=O)(c1ccc(O)cc1)c1ccc(O)cc1.Oc1ccc(Sc2ccc(O)cc2)cc1. The average molecular weight is 1650 g/mol. The van der Waals surface area contributed by atoms with Crippen molar-refractivity contribution in [3.63, 3.8) is 0 Å². The molecule has 120 heavy (non-hydrogen) atoms. The molecule has 0 aliphatic heterocycles. The number of phenols is 11. The van der Waals surface area contributed by atoms with E-state index in [0.717, 1.165) is 44.0 Å². The minimum atomic E-state index is -3.59. The Morgan fingerprint density at radius 1 is 0.275 bits per heavy atom. The van der Waals surface area contributed by atoms with Gasteiger partial charge in [-0.3, -0.25) is 0 Å². The van der Waals surface area contributed by atoms with Crippen LogP contribution in [0.15, 0.2) is 365 Å². The van der Waals surface area contributed by atoms with Crippen LogP contribution in [0.1, 0.15) is 138 Å². The van der Waals surface area contributed by atoms with E-state index in [2.05, 4.69) is 97.0 Å². The number of aromatic hydroxyl groups is 11. The Bertz CT molecular complexity index is 5440. The van der Waals surface area contributed by atoms with Crippen molar-refractivity contribution < 1.29 is 83.7 Å². The van der Waals surface area contributed by atoms with Crippen LogP contribution in [0.3, 0.4) is 0 Å². The zero-order valence-electron chi connectivity index (χ0n) is 67.7. The van der Waals surface area contributed by atoms with E-state index in [-0.39, 0.29) is 102 Å². The van der Waals surface area contributed by atoms with E-state index >= 15 is 0 Å². The van der Waals surface area contributed by atoms with Crippen LogP contribution in [0.25, 0.3) is 0 Å². The van der Waals surface area contributed by atoms with Crippen molar-refractivity contribution in [2.45, 2.75) is 110 Å². The molecule has 0 saturated heterocycles. The van der Waals surface area contributed by atoms with Gasteiger partial charge in [0, 0.05) is 31.5 Å². The minimum Gasteiger partial charge on any atom is -0.508 e. The van der Waals surface area contributed by atoms with E-state index in [1.807, 2.05) is 122 Å².